The van der Waals surface area contributed by atoms with Gasteiger partial charge in [0.15, 0.2) is 0 Å². The highest BCUT2D eigenvalue weighted by Crippen LogP contribution is 2.27. The molecule has 1 aromatic rings. The monoisotopic (exact) mass is 280 g/mol. The number of hydrogen-bond donors (Lipinski definition) is 1. The van der Waals surface area contributed by atoms with Crippen LogP contribution in [-0.4, -0.2) is 12.4 Å². The summed E-state index contributed by atoms with van der Waals surface area (Å²) in [6.45, 7) is 11.9. The summed E-state index contributed by atoms with van der Waals surface area (Å²) in [7, 11) is 0. The highest BCUT2D eigenvalue weighted by molar-refractivity contribution is 7.80. The van der Waals surface area contributed by atoms with E-state index in [1.165, 1.54) is 11.1 Å². The van der Waals surface area contributed by atoms with Crippen LogP contribution in [-0.2, 0) is 5.41 Å². The Balaban J connectivity index is 2.56. The molecule has 2 heteroatoms. The van der Waals surface area contributed by atoms with Gasteiger partial charge in [0.2, 0.25) is 0 Å². The maximum absolute atomic E-state index is 5.90. The Hall–Kier alpha value is -0.630. The van der Waals surface area contributed by atoms with Gasteiger partial charge in [0.25, 0.3) is 0 Å². The molecular weight excluding hydrogens is 252 g/mol. The lowest BCUT2D eigenvalue weighted by molar-refractivity contribution is 0.280. The smallest absolute Gasteiger partial charge is 0.122 e. The van der Waals surface area contributed by atoms with Gasteiger partial charge >= 0.3 is 0 Å². The van der Waals surface area contributed by atoms with Gasteiger partial charge in [0.1, 0.15) is 5.75 Å². The Labute approximate surface area is 124 Å². The van der Waals surface area contributed by atoms with Crippen LogP contribution in [0.4, 0.5) is 0 Å². The van der Waals surface area contributed by atoms with E-state index in [0.29, 0.717) is 5.92 Å². The third kappa shape index (κ3) is 5.48. The van der Waals surface area contributed by atoms with Crippen molar-refractivity contribution in [1.29, 1.82) is 0 Å². The van der Waals surface area contributed by atoms with Gasteiger partial charge in [-0.05, 0) is 54.0 Å². The molecule has 0 saturated heterocycles. The summed E-state index contributed by atoms with van der Waals surface area (Å²) in [4.78, 5) is 0. The minimum Gasteiger partial charge on any atom is -0.493 e. The Morgan fingerprint density at radius 1 is 1.21 bits per heavy atom. The summed E-state index contributed by atoms with van der Waals surface area (Å²) in [5, 5.41) is 0. The van der Waals surface area contributed by atoms with Crippen LogP contribution < -0.4 is 4.74 Å². The van der Waals surface area contributed by atoms with E-state index >= 15 is 0 Å². The van der Waals surface area contributed by atoms with Crippen molar-refractivity contribution >= 4 is 12.6 Å². The molecule has 19 heavy (non-hydrogen) atoms. The summed E-state index contributed by atoms with van der Waals surface area (Å²) in [5.74, 6) is 2.67. The number of hydrogen-bond acceptors (Lipinski definition) is 2. The molecule has 0 saturated carbocycles. The molecule has 1 nitrogen and oxygen atoms in total. The fourth-order valence-corrected chi connectivity index (χ4v) is 2.45. The summed E-state index contributed by atoms with van der Waals surface area (Å²) in [5.41, 5.74) is 2.79. The maximum Gasteiger partial charge on any atom is 0.122 e. The first-order valence-corrected chi connectivity index (χ1v) is 7.82. The predicted octanol–water partition coefficient (Wildman–Crippen LogP) is 5.02. The Morgan fingerprint density at radius 2 is 1.89 bits per heavy atom. The zero-order chi connectivity index (χ0) is 14.5. The minimum absolute atomic E-state index is 0.199. The molecule has 1 aromatic carbocycles. The molecule has 1 atom stereocenters. The van der Waals surface area contributed by atoms with Crippen LogP contribution in [0.5, 0.6) is 5.75 Å². The van der Waals surface area contributed by atoms with E-state index in [0.717, 1.165) is 31.0 Å². The molecule has 0 heterocycles. The lowest BCUT2D eigenvalue weighted by atomic mass is 9.86. The van der Waals surface area contributed by atoms with Crippen LogP contribution in [0.2, 0.25) is 0 Å². The third-order valence-electron chi connectivity index (χ3n) is 3.53. The molecule has 108 valence electrons. The van der Waals surface area contributed by atoms with E-state index in [1.807, 2.05) is 0 Å². The lowest BCUT2D eigenvalue weighted by Gasteiger charge is -2.21. The van der Waals surface area contributed by atoms with Crippen molar-refractivity contribution < 1.29 is 4.74 Å². The number of thiol groups is 1. The summed E-state index contributed by atoms with van der Waals surface area (Å²) in [6, 6.07) is 6.53. The Kier molecular flexibility index (Phi) is 6.25. The van der Waals surface area contributed by atoms with Gasteiger partial charge in [-0.1, -0.05) is 39.8 Å². The minimum atomic E-state index is 0.199. The average molecular weight is 280 g/mol. The molecule has 0 aliphatic rings. The zero-order valence-electron chi connectivity index (χ0n) is 13.0. The van der Waals surface area contributed by atoms with Crippen molar-refractivity contribution in [3.8, 4) is 5.75 Å². The second kappa shape index (κ2) is 7.23. The normalized spacial score (nSPS) is 13.4. The van der Waals surface area contributed by atoms with Gasteiger partial charge < -0.3 is 4.74 Å². The lowest BCUT2D eigenvalue weighted by Crippen LogP contribution is -2.11. The summed E-state index contributed by atoms with van der Waals surface area (Å²) >= 11 is 4.27. The Morgan fingerprint density at radius 3 is 2.42 bits per heavy atom. The third-order valence-corrected chi connectivity index (χ3v) is 3.79. The molecule has 0 fully saturated rings. The maximum atomic E-state index is 5.90. The molecule has 0 bridgehead atoms. The number of benzene rings is 1. The van der Waals surface area contributed by atoms with Crippen molar-refractivity contribution in [2.24, 2.45) is 5.92 Å². The topological polar surface area (TPSA) is 9.23 Å². The average Bonchev–Trinajstić information content (AvgIpc) is 2.30. The van der Waals surface area contributed by atoms with E-state index in [2.05, 4.69) is 65.4 Å². The molecule has 0 aliphatic carbocycles. The number of ether oxygens (including phenoxy) is 1. The van der Waals surface area contributed by atoms with Gasteiger partial charge in [-0.15, -0.1) is 0 Å². The molecule has 1 unspecified atom stereocenters. The fourth-order valence-electron chi connectivity index (χ4n) is 2.01. The van der Waals surface area contributed by atoms with Crippen molar-refractivity contribution in [2.75, 3.05) is 12.4 Å². The highest BCUT2D eigenvalue weighted by atomic mass is 32.1. The van der Waals surface area contributed by atoms with E-state index in [-0.39, 0.29) is 5.41 Å². The van der Waals surface area contributed by atoms with Crippen LogP contribution in [0, 0.1) is 12.8 Å². The van der Waals surface area contributed by atoms with Crippen LogP contribution in [0.25, 0.3) is 0 Å². The van der Waals surface area contributed by atoms with Gasteiger partial charge in [-0.2, -0.15) is 12.6 Å². The van der Waals surface area contributed by atoms with Crippen molar-refractivity contribution in [3.63, 3.8) is 0 Å². The largest absolute Gasteiger partial charge is 0.493 e. The second-order valence-corrected chi connectivity index (χ2v) is 6.93. The van der Waals surface area contributed by atoms with Crippen LogP contribution in [0.3, 0.4) is 0 Å². The van der Waals surface area contributed by atoms with E-state index in [9.17, 15) is 0 Å². The number of aryl methyl sites for hydroxylation is 1. The van der Waals surface area contributed by atoms with E-state index in [1.54, 1.807) is 0 Å². The van der Waals surface area contributed by atoms with Crippen molar-refractivity contribution in [1.82, 2.24) is 0 Å². The Bertz CT molecular complexity index is 393. The quantitative estimate of drug-likeness (QED) is 0.720. The SMILES string of the molecule is Cc1cc(C(C)(C)C)ccc1OCCC(C)CCS. The zero-order valence-corrected chi connectivity index (χ0v) is 13.9. The number of rotatable bonds is 6. The predicted molar refractivity (Wildman–Crippen MR) is 87.6 cm³/mol. The van der Waals surface area contributed by atoms with Crippen LogP contribution in [0.1, 0.15) is 51.7 Å². The van der Waals surface area contributed by atoms with Crippen LogP contribution in [0.15, 0.2) is 18.2 Å². The standard InChI is InChI=1S/C17H28OS/c1-13(9-11-19)8-10-18-16-7-6-15(12-14(16)2)17(3,4)5/h6-7,12-13,19H,8-11H2,1-5H3. The molecule has 0 amide bonds. The first kappa shape index (κ1) is 16.4. The molecular formula is C17H28OS. The van der Waals surface area contributed by atoms with Gasteiger partial charge in [0.05, 0.1) is 6.61 Å². The van der Waals surface area contributed by atoms with Crippen LogP contribution >= 0.6 is 12.6 Å². The van der Waals surface area contributed by atoms with Crippen molar-refractivity contribution in [3.05, 3.63) is 29.3 Å². The van der Waals surface area contributed by atoms with Crippen molar-refractivity contribution in [2.45, 2.75) is 52.9 Å². The van der Waals surface area contributed by atoms with Gasteiger partial charge in [-0.25, -0.2) is 0 Å². The summed E-state index contributed by atoms with van der Waals surface area (Å²) < 4.78 is 5.90. The first-order valence-electron chi connectivity index (χ1n) is 7.19. The highest BCUT2D eigenvalue weighted by Gasteiger charge is 2.14. The summed E-state index contributed by atoms with van der Waals surface area (Å²) in [6.07, 6.45) is 2.26. The van der Waals surface area contributed by atoms with E-state index < -0.39 is 0 Å². The van der Waals surface area contributed by atoms with Gasteiger partial charge in [-0.3, -0.25) is 0 Å². The first-order chi connectivity index (χ1) is 8.84. The molecule has 0 N–H and O–H groups in total. The fraction of sp³-hybridized carbons (Fsp3) is 0.647. The molecule has 0 aromatic heterocycles. The molecule has 0 aliphatic heterocycles. The molecule has 0 radical (unpaired) electrons. The second-order valence-electron chi connectivity index (χ2n) is 6.48. The van der Waals surface area contributed by atoms with E-state index in [4.69, 9.17) is 4.74 Å². The molecule has 0 spiro atoms. The van der Waals surface area contributed by atoms with Gasteiger partial charge in [0, 0.05) is 0 Å². The molecule has 1 rings (SSSR count).